The van der Waals surface area contributed by atoms with Crippen LogP contribution in [0.2, 0.25) is 5.02 Å². The number of quaternary nitrogens is 1. The molecule has 3 N–H and O–H groups in total. The van der Waals surface area contributed by atoms with Crippen molar-refractivity contribution < 1.29 is 15.5 Å². The van der Waals surface area contributed by atoms with Crippen LogP contribution in [0.15, 0.2) is 16.6 Å². The zero-order valence-electron chi connectivity index (χ0n) is 7.46. The van der Waals surface area contributed by atoms with E-state index in [1.54, 1.807) is 12.1 Å². The molecule has 14 heavy (non-hydrogen) atoms. The zero-order valence-corrected chi connectivity index (χ0v) is 9.81. The number of benzene rings is 1. The molecule has 1 aromatic carbocycles. The molecule has 0 saturated carbocycles. The van der Waals surface area contributed by atoms with Crippen LogP contribution >= 0.6 is 27.5 Å². The monoisotopic (exact) mass is 279 g/mol. The van der Waals surface area contributed by atoms with Crippen molar-refractivity contribution in [1.82, 2.24) is 0 Å². The topological polar surface area (TPSA) is 59.9 Å². The molecular weight excluding hydrogens is 269 g/mol. The Kier molecular flexibility index (Phi) is 4.68. The summed E-state index contributed by atoms with van der Waals surface area (Å²) in [5.41, 5.74) is 0.651. The third-order valence-electron chi connectivity index (χ3n) is 1.78. The first kappa shape index (κ1) is 11.8. The van der Waals surface area contributed by atoms with E-state index < -0.39 is 0 Å². The van der Waals surface area contributed by atoms with E-state index in [1.165, 1.54) is 0 Å². The van der Waals surface area contributed by atoms with Crippen molar-refractivity contribution in [1.29, 1.82) is 0 Å². The van der Waals surface area contributed by atoms with Crippen LogP contribution in [0.4, 0.5) is 0 Å². The normalized spacial score (nSPS) is 10.5. The van der Waals surface area contributed by atoms with Crippen LogP contribution < -0.4 is 10.4 Å². The lowest BCUT2D eigenvalue weighted by Gasteiger charge is -2.14. The summed E-state index contributed by atoms with van der Waals surface area (Å²) in [6.45, 7) is 1.23. The molecule has 1 aromatic rings. The number of hydrogen-bond acceptors (Lipinski definition) is 2. The molecule has 0 unspecified atom stereocenters. The predicted octanol–water partition coefficient (Wildman–Crippen LogP) is 0.232. The van der Waals surface area contributed by atoms with Crippen LogP contribution in [0, 0.1) is 0 Å². The van der Waals surface area contributed by atoms with Crippen molar-refractivity contribution in [3.8, 4) is 5.75 Å². The second kappa shape index (κ2) is 5.56. The number of aliphatic hydroxyl groups is 1. The average molecular weight is 281 g/mol. The van der Waals surface area contributed by atoms with Crippen molar-refractivity contribution in [2.45, 2.75) is 6.54 Å². The van der Waals surface area contributed by atoms with Crippen LogP contribution in [-0.2, 0) is 6.54 Å². The molecule has 0 aromatic heterocycles. The first-order valence-corrected chi connectivity index (χ1v) is 5.39. The Bertz CT molecular complexity index is 320. The van der Waals surface area contributed by atoms with Gasteiger partial charge in [-0.3, -0.25) is 0 Å². The maximum absolute atomic E-state index is 11.5. The van der Waals surface area contributed by atoms with Crippen molar-refractivity contribution in [2.75, 3.05) is 13.2 Å². The lowest BCUT2D eigenvalue weighted by atomic mass is 10.2. The minimum Gasteiger partial charge on any atom is -0.871 e. The second-order valence-corrected chi connectivity index (χ2v) is 4.17. The van der Waals surface area contributed by atoms with Gasteiger partial charge in [-0.2, -0.15) is 0 Å². The van der Waals surface area contributed by atoms with Crippen LogP contribution in [0.25, 0.3) is 0 Å². The van der Waals surface area contributed by atoms with Crippen LogP contribution in [-0.4, -0.2) is 18.3 Å². The van der Waals surface area contributed by atoms with E-state index in [2.05, 4.69) is 15.9 Å². The van der Waals surface area contributed by atoms with Gasteiger partial charge < -0.3 is 15.5 Å². The maximum Gasteiger partial charge on any atom is 0.101 e. The first-order valence-electron chi connectivity index (χ1n) is 4.22. The minimum absolute atomic E-state index is 0.0383. The quantitative estimate of drug-likeness (QED) is 0.776. The molecule has 5 heteroatoms. The van der Waals surface area contributed by atoms with Crippen molar-refractivity contribution in [2.24, 2.45) is 0 Å². The number of rotatable bonds is 4. The average Bonchev–Trinajstić information content (AvgIpc) is 2.13. The fourth-order valence-corrected chi connectivity index (χ4v) is 1.99. The van der Waals surface area contributed by atoms with Gasteiger partial charge in [0.1, 0.15) is 6.54 Å². The maximum atomic E-state index is 11.5. The van der Waals surface area contributed by atoms with Gasteiger partial charge >= 0.3 is 0 Å². The van der Waals surface area contributed by atoms with Gasteiger partial charge in [0.2, 0.25) is 0 Å². The van der Waals surface area contributed by atoms with E-state index in [1.807, 2.05) is 5.32 Å². The molecule has 0 atom stereocenters. The van der Waals surface area contributed by atoms with Crippen molar-refractivity contribution >= 4 is 27.5 Å². The summed E-state index contributed by atoms with van der Waals surface area (Å²) in [7, 11) is 0. The molecule has 0 aliphatic heterocycles. The Morgan fingerprint density at radius 1 is 1.50 bits per heavy atom. The molecule has 0 saturated heterocycles. The Morgan fingerprint density at radius 3 is 2.86 bits per heavy atom. The highest BCUT2D eigenvalue weighted by Crippen LogP contribution is 2.28. The molecule has 0 radical (unpaired) electrons. The largest absolute Gasteiger partial charge is 0.871 e. The van der Waals surface area contributed by atoms with Gasteiger partial charge in [0, 0.05) is 15.1 Å². The number of hydrogen-bond donors (Lipinski definition) is 2. The highest BCUT2D eigenvalue weighted by Gasteiger charge is 2.02. The van der Waals surface area contributed by atoms with Crippen LogP contribution in [0.1, 0.15) is 5.56 Å². The number of nitrogens with two attached hydrogens (primary N) is 1. The number of aliphatic hydroxyl groups excluding tert-OH is 1. The molecule has 0 bridgehead atoms. The van der Waals surface area contributed by atoms with Gasteiger partial charge in [-0.1, -0.05) is 33.3 Å². The molecule has 0 heterocycles. The predicted molar refractivity (Wildman–Crippen MR) is 56.2 cm³/mol. The van der Waals surface area contributed by atoms with Crippen molar-refractivity contribution in [3.63, 3.8) is 0 Å². The van der Waals surface area contributed by atoms with Gasteiger partial charge in [-0.05, 0) is 12.1 Å². The standard InChI is InChI=1S/C9H11BrClNO2/c10-8-4-7(11)3-6(9(8)14)5-12-1-2-13/h3-4,12-14H,1-2,5H2. The van der Waals surface area contributed by atoms with E-state index in [0.717, 1.165) is 0 Å². The lowest BCUT2D eigenvalue weighted by Crippen LogP contribution is -2.83. The van der Waals surface area contributed by atoms with E-state index in [0.29, 0.717) is 28.1 Å². The highest BCUT2D eigenvalue weighted by molar-refractivity contribution is 9.10. The van der Waals surface area contributed by atoms with Gasteiger partial charge in [0.05, 0.1) is 13.2 Å². The Labute approximate surface area is 95.8 Å². The molecular formula is C9H11BrClNO2. The van der Waals surface area contributed by atoms with Crippen molar-refractivity contribution in [3.05, 3.63) is 27.2 Å². The SMILES string of the molecule is [O-]c1c(Br)cc(Cl)cc1C[NH2+]CCO. The van der Waals surface area contributed by atoms with Crippen LogP contribution in [0.5, 0.6) is 5.75 Å². The Morgan fingerprint density at radius 2 is 2.21 bits per heavy atom. The summed E-state index contributed by atoms with van der Waals surface area (Å²) in [5, 5.41) is 22.5. The smallest absolute Gasteiger partial charge is 0.101 e. The molecule has 3 nitrogen and oxygen atoms in total. The summed E-state index contributed by atoms with van der Waals surface area (Å²) < 4.78 is 0.484. The van der Waals surface area contributed by atoms with Gasteiger partial charge in [-0.15, -0.1) is 0 Å². The zero-order chi connectivity index (χ0) is 10.6. The molecule has 1 rings (SSSR count). The lowest BCUT2D eigenvalue weighted by molar-refractivity contribution is -0.672. The fraction of sp³-hybridized carbons (Fsp3) is 0.333. The molecule has 0 aliphatic rings. The molecule has 78 valence electrons. The van der Waals surface area contributed by atoms with E-state index in [4.69, 9.17) is 16.7 Å². The summed E-state index contributed by atoms with van der Waals surface area (Å²) in [5.74, 6) is -0.0383. The van der Waals surface area contributed by atoms with Gasteiger partial charge in [0.15, 0.2) is 0 Å². The van der Waals surface area contributed by atoms with Crippen LogP contribution in [0.3, 0.4) is 0 Å². The minimum atomic E-state index is -0.0383. The summed E-state index contributed by atoms with van der Waals surface area (Å²) in [4.78, 5) is 0. The summed E-state index contributed by atoms with van der Waals surface area (Å²) >= 11 is 8.95. The van der Waals surface area contributed by atoms with E-state index >= 15 is 0 Å². The molecule has 0 aliphatic carbocycles. The summed E-state index contributed by atoms with van der Waals surface area (Å²) in [6, 6.07) is 3.24. The summed E-state index contributed by atoms with van der Waals surface area (Å²) in [6.07, 6.45) is 0. The second-order valence-electron chi connectivity index (χ2n) is 2.88. The first-order chi connectivity index (χ1) is 6.65. The fourth-order valence-electron chi connectivity index (χ4n) is 1.11. The highest BCUT2D eigenvalue weighted by atomic mass is 79.9. The number of halogens is 2. The molecule has 0 fully saturated rings. The third-order valence-corrected chi connectivity index (χ3v) is 2.59. The van der Waals surface area contributed by atoms with Gasteiger partial charge in [0.25, 0.3) is 0 Å². The Balaban J connectivity index is 2.75. The van der Waals surface area contributed by atoms with E-state index in [9.17, 15) is 5.11 Å². The Hall–Kier alpha value is -0.290. The third kappa shape index (κ3) is 3.13. The molecule has 0 spiro atoms. The molecule has 0 amide bonds. The van der Waals surface area contributed by atoms with Gasteiger partial charge in [-0.25, -0.2) is 0 Å². The van der Waals surface area contributed by atoms with E-state index in [-0.39, 0.29) is 12.4 Å².